The van der Waals surface area contributed by atoms with E-state index in [2.05, 4.69) is 10.6 Å². The highest BCUT2D eigenvalue weighted by molar-refractivity contribution is 6.00. The third-order valence-corrected chi connectivity index (χ3v) is 5.99. The number of nitrogens with one attached hydrogen (secondary N) is 2. The maximum Gasteiger partial charge on any atom is 0.262 e. The topological polar surface area (TPSA) is 103 Å². The van der Waals surface area contributed by atoms with Gasteiger partial charge in [-0.2, -0.15) is 0 Å². The van der Waals surface area contributed by atoms with Crippen molar-refractivity contribution in [1.82, 2.24) is 0 Å². The van der Waals surface area contributed by atoms with E-state index in [-0.39, 0.29) is 18.3 Å². The van der Waals surface area contributed by atoms with Gasteiger partial charge in [0.05, 0.1) is 24.8 Å². The minimum atomic E-state index is -0.409. The Balaban J connectivity index is 1.42. The molecule has 2 amide bonds. The van der Waals surface area contributed by atoms with Crippen molar-refractivity contribution in [2.75, 3.05) is 24.4 Å². The Labute approximate surface area is 192 Å². The van der Waals surface area contributed by atoms with Crippen LogP contribution in [0.25, 0.3) is 0 Å². The number of hydrogen-bond acceptors (Lipinski definition) is 6. The van der Waals surface area contributed by atoms with Crippen LogP contribution in [0.5, 0.6) is 17.2 Å². The zero-order valence-electron chi connectivity index (χ0n) is 18.9. The molecule has 1 heterocycles. The molecule has 1 spiro atoms. The molecule has 0 atom stereocenters. The molecule has 0 aromatic heterocycles. The Morgan fingerprint density at radius 1 is 1.06 bits per heavy atom. The van der Waals surface area contributed by atoms with Crippen LogP contribution in [0.1, 0.15) is 55.8 Å². The highest BCUT2D eigenvalue weighted by Gasteiger charge is 2.41. The van der Waals surface area contributed by atoms with Gasteiger partial charge in [-0.3, -0.25) is 14.4 Å². The number of carbonyl (C=O) groups excluding carboxylic acids is 3. The number of carbonyl (C=O) groups is 3. The van der Waals surface area contributed by atoms with Crippen LogP contribution in [0.15, 0.2) is 36.4 Å². The highest BCUT2D eigenvalue weighted by Crippen LogP contribution is 2.42. The number of fused-ring (bicyclic) bond motifs is 1. The third kappa shape index (κ3) is 5.27. The first-order valence-electron chi connectivity index (χ1n) is 11.1. The van der Waals surface area contributed by atoms with E-state index in [0.717, 1.165) is 25.7 Å². The predicted octanol–water partition coefficient (Wildman–Crippen LogP) is 4.34. The van der Waals surface area contributed by atoms with Crippen molar-refractivity contribution in [3.05, 3.63) is 42.0 Å². The number of hydrogen-bond donors (Lipinski definition) is 2. The molecule has 4 rings (SSSR count). The molecule has 0 saturated heterocycles. The maximum absolute atomic E-state index is 12.7. The largest absolute Gasteiger partial charge is 0.495 e. The number of methoxy groups -OCH3 is 1. The SMILES string of the molecule is COc1ccc(NC(C)=O)cc1NC(=O)COc1ccc2c(c1)OC1(CCCCC1)CC2=O. The summed E-state index contributed by atoms with van der Waals surface area (Å²) in [7, 11) is 1.49. The van der Waals surface area contributed by atoms with Gasteiger partial charge >= 0.3 is 0 Å². The molecule has 33 heavy (non-hydrogen) atoms. The Kier molecular flexibility index (Phi) is 6.53. The lowest BCUT2D eigenvalue weighted by Gasteiger charge is -2.40. The van der Waals surface area contributed by atoms with Crippen molar-refractivity contribution in [3.63, 3.8) is 0 Å². The number of anilines is 2. The van der Waals surface area contributed by atoms with Gasteiger partial charge in [-0.15, -0.1) is 0 Å². The minimum absolute atomic E-state index is 0.0913. The lowest BCUT2D eigenvalue weighted by atomic mass is 9.78. The summed E-state index contributed by atoms with van der Waals surface area (Å²) < 4.78 is 17.2. The van der Waals surface area contributed by atoms with E-state index in [1.807, 2.05) is 0 Å². The molecule has 2 aliphatic rings. The molecule has 1 fully saturated rings. The molecule has 2 aromatic rings. The summed E-state index contributed by atoms with van der Waals surface area (Å²) in [6, 6.07) is 10.00. The molecular weight excluding hydrogens is 424 g/mol. The van der Waals surface area contributed by atoms with Gasteiger partial charge in [0.2, 0.25) is 5.91 Å². The van der Waals surface area contributed by atoms with Crippen LogP contribution >= 0.6 is 0 Å². The standard InChI is InChI=1S/C25H28N2O6/c1-16(28)26-17-6-9-22(31-2)20(12-17)27-24(30)15-32-18-7-8-19-21(29)14-25(33-23(19)13-18)10-4-3-5-11-25/h6-9,12-13H,3-5,10-11,14-15H2,1-2H3,(H,26,28)(H,27,30). The predicted molar refractivity (Wildman–Crippen MR) is 123 cm³/mol. The fourth-order valence-electron chi connectivity index (χ4n) is 4.46. The molecule has 0 radical (unpaired) electrons. The van der Waals surface area contributed by atoms with E-state index >= 15 is 0 Å². The minimum Gasteiger partial charge on any atom is -0.495 e. The Morgan fingerprint density at radius 3 is 2.58 bits per heavy atom. The van der Waals surface area contributed by atoms with Crippen LogP contribution in [0.2, 0.25) is 0 Å². The smallest absolute Gasteiger partial charge is 0.262 e. The average molecular weight is 453 g/mol. The number of rotatable bonds is 6. The lowest BCUT2D eigenvalue weighted by Crippen LogP contribution is -2.43. The van der Waals surface area contributed by atoms with Crippen molar-refractivity contribution in [3.8, 4) is 17.2 Å². The first-order valence-corrected chi connectivity index (χ1v) is 11.1. The molecule has 2 aromatic carbocycles. The first-order chi connectivity index (χ1) is 15.9. The van der Waals surface area contributed by atoms with Gasteiger partial charge in [-0.25, -0.2) is 0 Å². The van der Waals surface area contributed by atoms with Gasteiger partial charge < -0.3 is 24.8 Å². The molecular formula is C25H28N2O6. The number of Topliss-reactive ketones (excluding diaryl/α,β-unsaturated/α-hetero) is 1. The second-order valence-electron chi connectivity index (χ2n) is 8.54. The zero-order chi connectivity index (χ0) is 23.4. The zero-order valence-corrected chi connectivity index (χ0v) is 18.9. The van der Waals surface area contributed by atoms with Gasteiger partial charge in [0.15, 0.2) is 12.4 Å². The quantitative estimate of drug-likeness (QED) is 0.676. The Hall–Kier alpha value is -3.55. The number of amides is 2. The Morgan fingerprint density at radius 2 is 1.85 bits per heavy atom. The van der Waals surface area contributed by atoms with E-state index in [1.165, 1.54) is 20.5 Å². The lowest BCUT2D eigenvalue weighted by molar-refractivity contribution is -0.118. The molecule has 0 unspecified atom stereocenters. The molecule has 1 aliphatic heterocycles. The van der Waals surface area contributed by atoms with Gasteiger partial charge in [-0.1, -0.05) is 6.42 Å². The van der Waals surface area contributed by atoms with Crippen LogP contribution in [-0.2, 0) is 9.59 Å². The van der Waals surface area contributed by atoms with Crippen LogP contribution in [0, 0.1) is 0 Å². The summed E-state index contributed by atoms with van der Waals surface area (Å²) >= 11 is 0. The summed E-state index contributed by atoms with van der Waals surface area (Å²) in [5, 5.41) is 5.40. The van der Waals surface area contributed by atoms with Crippen LogP contribution < -0.4 is 24.8 Å². The summed E-state index contributed by atoms with van der Waals surface area (Å²) in [5.41, 5.74) is 1.10. The maximum atomic E-state index is 12.7. The highest BCUT2D eigenvalue weighted by atomic mass is 16.5. The normalized spacial score (nSPS) is 16.4. The second kappa shape index (κ2) is 9.52. The van der Waals surface area contributed by atoms with Gasteiger partial charge in [0.1, 0.15) is 22.8 Å². The van der Waals surface area contributed by atoms with Crippen molar-refractivity contribution >= 4 is 29.0 Å². The molecule has 2 N–H and O–H groups in total. The monoisotopic (exact) mass is 452 g/mol. The third-order valence-electron chi connectivity index (χ3n) is 5.99. The molecule has 8 heteroatoms. The van der Waals surface area contributed by atoms with Crippen LogP contribution in [-0.4, -0.2) is 36.9 Å². The van der Waals surface area contributed by atoms with E-state index in [1.54, 1.807) is 36.4 Å². The van der Waals surface area contributed by atoms with Crippen molar-refractivity contribution in [2.45, 2.75) is 51.0 Å². The summed E-state index contributed by atoms with van der Waals surface area (Å²) in [5.74, 6) is 0.902. The van der Waals surface area contributed by atoms with Crippen LogP contribution in [0.3, 0.4) is 0 Å². The molecule has 1 aliphatic carbocycles. The van der Waals surface area contributed by atoms with Gasteiger partial charge in [0, 0.05) is 18.7 Å². The molecule has 8 nitrogen and oxygen atoms in total. The first kappa shape index (κ1) is 22.6. The number of ketones is 1. The van der Waals surface area contributed by atoms with E-state index in [4.69, 9.17) is 14.2 Å². The van der Waals surface area contributed by atoms with Gasteiger partial charge in [-0.05, 0) is 56.0 Å². The van der Waals surface area contributed by atoms with Crippen molar-refractivity contribution in [2.24, 2.45) is 0 Å². The summed E-state index contributed by atoms with van der Waals surface area (Å²) in [6.45, 7) is 1.16. The van der Waals surface area contributed by atoms with Crippen molar-refractivity contribution in [1.29, 1.82) is 0 Å². The number of benzene rings is 2. The molecule has 174 valence electrons. The molecule has 0 bridgehead atoms. The summed E-state index contributed by atoms with van der Waals surface area (Å²) in [6.07, 6.45) is 5.47. The van der Waals surface area contributed by atoms with Crippen molar-refractivity contribution < 1.29 is 28.6 Å². The summed E-state index contributed by atoms with van der Waals surface area (Å²) in [4.78, 5) is 36.5. The fourth-order valence-corrected chi connectivity index (χ4v) is 4.46. The fraction of sp³-hybridized carbons (Fsp3) is 0.400. The van der Waals surface area contributed by atoms with E-state index in [9.17, 15) is 14.4 Å². The Bertz CT molecular complexity index is 1070. The molecule has 1 saturated carbocycles. The van der Waals surface area contributed by atoms with Crippen LogP contribution in [0.4, 0.5) is 11.4 Å². The average Bonchev–Trinajstić information content (AvgIpc) is 2.78. The van der Waals surface area contributed by atoms with E-state index < -0.39 is 11.5 Å². The number of ether oxygens (including phenoxy) is 3. The van der Waals surface area contributed by atoms with E-state index in [0.29, 0.717) is 40.6 Å². The second-order valence-corrected chi connectivity index (χ2v) is 8.54. The van der Waals surface area contributed by atoms with Gasteiger partial charge in [0.25, 0.3) is 5.91 Å².